The molecule has 6 nitrogen and oxygen atoms in total. The van der Waals surface area contributed by atoms with Crippen molar-refractivity contribution in [1.82, 2.24) is 20.2 Å². The topological polar surface area (TPSA) is 90.3 Å². The van der Waals surface area contributed by atoms with Crippen LogP contribution in [0.2, 0.25) is 0 Å². The third-order valence-electron chi connectivity index (χ3n) is 2.97. The summed E-state index contributed by atoms with van der Waals surface area (Å²) in [4.78, 5) is 8.55. The number of para-hydroxylation sites is 1. The molecule has 3 aromatic rings. The Hall–Kier alpha value is -2.94. The van der Waals surface area contributed by atoms with Crippen molar-refractivity contribution >= 4 is 16.7 Å². The summed E-state index contributed by atoms with van der Waals surface area (Å²) in [5.74, 6) is 1.51. The van der Waals surface area contributed by atoms with Crippen LogP contribution in [0.5, 0.6) is 0 Å². The van der Waals surface area contributed by atoms with Crippen molar-refractivity contribution in [1.29, 1.82) is 5.26 Å². The average molecular weight is 264 g/mol. The van der Waals surface area contributed by atoms with Crippen LogP contribution in [0, 0.1) is 11.3 Å². The van der Waals surface area contributed by atoms with E-state index in [1.807, 2.05) is 24.3 Å². The number of nitriles is 1. The van der Waals surface area contributed by atoms with E-state index in [9.17, 15) is 5.26 Å². The molecule has 0 fully saturated rings. The molecule has 20 heavy (non-hydrogen) atoms. The first-order valence-electron chi connectivity index (χ1n) is 6.25. The molecule has 3 rings (SSSR count). The Morgan fingerprint density at radius 3 is 3.00 bits per heavy atom. The van der Waals surface area contributed by atoms with E-state index in [-0.39, 0.29) is 0 Å². The van der Waals surface area contributed by atoms with Gasteiger partial charge in [0.2, 0.25) is 0 Å². The predicted octanol–water partition coefficient (Wildman–Crippen LogP) is 1.88. The zero-order valence-electron chi connectivity index (χ0n) is 10.7. The number of rotatable bonds is 4. The van der Waals surface area contributed by atoms with Gasteiger partial charge in [0, 0.05) is 18.4 Å². The van der Waals surface area contributed by atoms with E-state index in [2.05, 4.69) is 31.6 Å². The van der Waals surface area contributed by atoms with Crippen molar-refractivity contribution in [2.24, 2.45) is 0 Å². The van der Waals surface area contributed by atoms with Crippen LogP contribution < -0.4 is 5.32 Å². The van der Waals surface area contributed by atoms with E-state index in [1.54, 1.807) is 6.07 Å². The number of anilines is 1. The molecule has 0 saturated carbocycles. The lowest BCUT2D eigenvalue weighted by atomic mass is 10.1. The molecule has 2 heterocycles. The summed E-state index contributed by atoms with van der Waals surface area (Å²) in [6.07, 6.45) is 2.20. The number of hydrogen-bond acceptors (Lipinski definition) is 5. The molecule has 0 aliphatic rings. The lowest BCUT2D eigenvalue weighted by Crippen LogP contribution is -2.07. The molecule has 2 aromatic heterocycles. The highest BCUT2D eigenvalue weighted by Crippen LogP contribution is 2.19. The van der Waals surface area contributed by atoms with Crippen molar-refractivity contribution in [2.75, 3.05) is 11.9 Å². The van der Waals surface area contributed by atoms with E-state index in [0.29, 0.717) is 17.9 Å². The number of aromatic amines is 1. The first kappa shape index (κ1) is 12.1. The van der Waals surface area contributed by atoms with E-state index in [0.717, 1.165) is 23.1 Å². The van der Waals surface area contributed by atoms with Gasteiger partial charge in [0.05, 0.1) is 17.1 Å². The Balaban J connectivity index is 1.80. The van der Waals surface area contributed by atoms with E-state index < -0.39 is 0 Å². The summed E-state index contributed by atoms with van der Waals surface area (Å²) in [7, 11) is 0. The van der Waals surface area contributed by atoms with Crippen molar-refractivity contribution in [3.05, 3.63) is 48.0 Å². The van der Waals surface area contributed by atoms with E-state index >= 15 is 0 Å². The van der Waals surface area contributed by atoms with Crippen LogP contribution in [0.1, 0.15) is 11.4 Å². The molecule has 0 amide bonds. The molecular formula is C14H12N6. The zero-order valence-corrected chi connectivity index (χ0v) is 10.7. The normalized spacial score (nSPS) is 10.3. The second kappa shape index (κ2) is 5.36. The molecule has 1 aromatic carbocycles. The number of nitrogens with one attached hydrogen (secondary N) is 2. The number of nitrogens with zero attached hydrogens (tertiary/aromatic N) is 4. The molecule has 0 bridgehead atoms. The zero-order chi connectivity index (χ0) is 13.8. The maximum atomic E-state index is 9.21. The Morgan fingerprint density at radius 2 is 2.20 bits per heavy atom. The Labute approximate surface area is 115 Å². The van der Waals surface area contributed by atoms with E-state index in [1.165, 1.54) is 6.33 Å². The van der Waals surface area contributed by atoms with Crippen molar-refractivity contribution < 1.29 is 0 Å². The molecule has 0 unspecified atom stereocenters. The minimum atomic E-state index is 0.623. The summed E-state index contributed by atoms with van der Waals surface area (Å²) in [5, 5.41) is 19.9. The summed E-state index contributed by atoms with van der Waals surface area (Å²) in [6, 6.07) is 11.6. The quantitative estimate of drug-likeness (QED) is 0.750. The van der Waals surface area contributed by atoms with Gasteiger partial charge in [-0.25, -0.2) is 9.97 Å². The molecule has 6 heteroatoms. The second-order valence-corrected chi connectivity index (χ2v) is 4.29. The number of hydrogen-bond donors (Lipinski definition) is 2. The lowest BCUT2D eigenvalue weighted by molar-refractivity contribution is 0.898. The van der Waals surface area contributed by atoms with Crippen LogP contribution in [0.25, 0.3) is 10.9 Å². The monoisotopic (exact) mass is 264 g/mol. The third kappa shape index (κ3) is 2.42. The van der Waals surface area contributed by atoms with Crippen LogP contribution in [-0.4, -0.2) is 26.7 Å². The number of fused-ring (bicyclic) bond motifs is 1. The van der Waals surface area contributed by atoms with Gasteiger partial charge < -0.3 is 5.32 Å². The molecule has 98 valence electrons. The summed E-state index contributed by atoms with van der Waals surface area (Å²) < 4.78 is 0. The van der Waals surface area contributed by atoms with Crippen LogP contribution >= 0.6 is 0 Å². The molecule has 2 N–H and O–H groups in total. The van der Waals surface area contributed by atoms with Gasteiger partial charge in [-0.05, 0) is 12.1 Å². The summed E-state index contributed by atoms with van der Waals surface area (Å²) in [6.45, 7) is 0.672. The SMILES string of the molecule is N#Cc1cc(NCCc2ncn[nH]2)nc2ccccc12. The van der Waals surface area contributed by atoms with Gasteiger partial charge in [-0.3, -0.25) is 5.10 Å². The largest absolute Gasteiger partial charge is 0.370 e. The highest BCUT2D eigenvalue weighted by molar-refractivity contribution is 5.86. The predicted molar refractivity (Wildman–Crippen MR) is 75.0 cm³/mol. The Kier molecular flexibility index (Phi) is 3.25. The minimum Gasteiger partial charge on any atom is -0.370 e. The molecule has 0 saturated heterocycles. The van der Waals surface area contributed by atoms with Crippen LogP contribution in [-0.2, 0) is 6.42 Å². The second-order valence-electron chi connectivity index (χ2n) is 4.29. The number of pyridine rings is 1. The molecule has 0 spiro atoms. The lowest BCUT2D eigenvalue weighted by Gasteiger charge is -2.07. The molecule has 0 aliphatic heterocycles. The highest BCUT2D eigenvalue weighted by Gasteiger charge is 2.05. The fourth-order valence-corrected chi connectivity index (χ4v) is 2.02. The number of aromatic nitrogens is 4. The highest BCUT2D eigenvalue weighted by atomic mass is 15.2. The maximum absolute atomic E-state index is 9.21. The number of benzene rings is 1. The molecule has 0 aliphatic carbocycles. The number of H-pyrrole nitrogens is 1. The smallest absolute Gasteiger partial charge is 0.137 e. The van der Waals surface area contributed by atoms with Gasteiger partial charge in [0.1, 0.15) is 18.0 Å². The summed E-state index contributed by atoms with van der Waals surface area (Å²) in [5.41, 5.74) is 1.44. The molecular weight excluding hydrogens is 252 g/mol. The first-order chi connectivity index (χ1) is 9.86. The van der Waals surface area contributed by atoms with Gasteiger partial charge in [0.25, 0.3) is 0 Å². The third-order valence-corrected chi connectivity index (χ3v) is 2.97. The van der Waals surface area contributed by atoms with Crippen LogP contribution in [0.15, 0.2) is 36.7 Å². The molecule has 0 atom stereocenters. The fraction of sp³-hybridized carbons (Fsp3) is 0.143. The van der Waals surface area contributed by atoms with E-state index in [4.69, 9.17) is 0 Å². The van der Waals surface area contributed by atoms with Gasteiger partial charge in [-0.1, -0.05) is 18.2 Å². The molecule has 0 radical (unpaired) electrons. The first-order valence-corrected chi connectivity index (χ1v) is 6.25. The van der Waals surface area contributed by atoms with Crippen LogP contribution in [0.4, 0.5) is 5.82 Å². The Morgan fingerprint density at radius 1 is 1.30 bits per heavy atom. The van der Waals surface area contributed by atoms with Crippen molar-refractivity contribution in [3.8, 4) is 6.07 Å². The van der Waals surface area contributed by atoms with Crippen molar-refractivity contribution in [3.63, 3.8) is 0 Å². The van der Waals surface area contributed by atoms with Crippen molar-refractivity contribution in [2.45, 2.75) is 6.42 Å². The Bertz CT molecular complexity index is 757. The minimum absolute atomic E-state index is 0.623. The standard InChI is InChI=1S/C14H12N6/c15-8-10-7-14(16-6-5-13-17-9-18-20-13)19-12-4-2-1-3-11(10)12/h1-4,7,9H,5-6H2,(H,16,19)(H,17,18,20). The van der Waals surface area contributed by atoms with Gasteiger partial charge in [0.15, 0.2) is 0 Å². The van der Waals surface area contributed by atoms with Gasteiger partial charge in [-0.2, -0.15) is 10.4 Å². The summed E-state index contributed by atoms with van der Waals surface area (Å²) >= 11 is 0. The average Bonchev–Trinajstić information content (AvgIpc) is 2.99. The maximum Gasteiger partial charge on any atom is 0.137 e. The fourth-order valence-electron chi connectivity index (χ4n) is 2.02. The van der Waals surface area contributed by atoms with Gasteiger partial charge in [-0.15, -0.1) is 0 Å². The van der Waals surface area contributed by atoms with Gasteiger partial charge >= 0.3 is 0 Å². The van der Waals surface area contributed by atoms with Crippen LogP contribution in [0.3, 0.4) is 0 Å².